The molecule has 0 aliphatic rings. The van der Waals surface area contributed by atoms with Gasteiger partial charge in [-0.05, 0) is 52.2 Å². The van der Waals surface area contributed by atoms with E-state index in [0.29, 0.717) is 16.0 Å². The molecule has 6 heteroatoms. The standard InChI is InChI=1S/C14H12BrNO4/c1-9-7-11(6-5-10(9)8-17)20-13-4-2-3-12(14(13)15)16(18)19/h2-7,17H,8H2,1H3. The summed E-state index contributed by atoms with van der Waals surface area (Å²) in [6.45, 7) is 1.83. The number of nitro groups is 1. The molecule has 0 saturated heterocycles. The summed E-state index contributed by atoms with van der Waals surface area (Å²) in [6, 6.07) is 9.85. The molecule has 0 bridgehead atoms. The number of aliphatic hydroxyl groups is 1. The Morgan fingerprint density at radius 3 is 2.70 bits per heavy atom. The molecule has 0 aromatic heterocycles. The van der Waals surface area contributed by atoms with Crippen LogP contribution in [0.3, 0.4) is 0 Å². The predicted molar refractivity (Wildman–Crippen MR) is 78.0 cm³/mol. The zero-order valence-corrected chi connectivity index (χ0v) is 12.3. The van der Waals surface area contributed by atoms with Crippen molar-refractivity contribution in [2.24, 2.45) is 0 Å². The predicted octanol–water partition coefficient (Wildman–Crippen LogP) is 3.95. The molecule has 0 spiro atoms. The molecular weight excluding hydrogens is 326 g/mol. The average molecular weight is 338 g/mol. The van der Waals surface area contributed by atoms with Gasteiger partial charge in [0.2, 0.25) is 0 Å². The van der Waals surface area contributed by atoms with E-state index in [2.05, 4.69) is 15.9 Å². The molecule has 2 rings (SSSR count). The quantitative estimate of drug-likeness (QED) is 0.677. The summed E-state index contributed by atoms with van der Waals surface area (Å²) in [6.07, 6.45) is 0. The van der Waals surface area contributed by atoms with Gasteiger partial charge in [0.1, 0.15) is 16.0 Å². The van der Waals surface area contributed by atoms with E-state index in [-0.39, 0.29) is 12.3 Å². The molecule has 20 heavy (non-hydrogen) atoms. The highest BCUT2D eigenvalue weighted by Gasteiger charge is 2.16. The lowest BCUT2D eigenvalue weighted by Crippen LogP contribution is -1.93. The van der Waals surface area contributed by atoms with Gasteiger partial charge < -0.3 is 9.84 Å². The van der Waals surface area contributed by atoms with Crippen LogP contribution in [0.15, 0.2) is 40.9 Å². The summed E-state index contributed by atoms with van der Waals surface area (Å²) in [4.78, 5) is 10.4. The number of aliphatic hydroxyl groups excluding tert-OH is 1. The van der Waals surface area contributed by atoms with Crippen LogP contribution in [0.1, 0.15) is 11.1 Å². The molecule has 0 aliphatic heterocycles. The highest BCUT2D eigenvalue weighted by molar-refractivity contribution is 9.10. The van der Waals surface area contributed by atoms with E-state index in [9.17, 15) is 10.1 Å². The maximum absolute atomic E-state index is 10.9. The van der Waals surface area contributed by atoms with Gasteiger partial charge in [-0.1, -0.05) is 12.1 Å². The smallest absolute Gasteiger partial charge is 0.287 e. The van der Waals surface area contributed by atoms with Crippen molar-refractivity contribution >= 4 is 21.6 Å². The Labute approximate surface area is 124 Å². The van der Waals surface area contributed by atoms with Crippen LogP contribution in [0.25, 0.3) is 0 Å². The number of halogens is 1. The van der Waals surface area contributed by atoms with E-state index in [1.165, 1.54) is 6.07 Å². The number of rotatable bonds is 4. The second-order valence-electron chi connectivity index (χ2n) is 4.19. The van der Waals surface area contributed by atoms with E-state index in [4.69, 9.17) is 9.84 Å². The van der Waals surface area contributed by atoms with E-state index < -0.39 is 4.92 Å². The minimum absolute atomic E-state index is 0.0351. The average Bonchev–Trinajstić information content (AvgIpc) is 2.41. The molecule has 0 amide bonds. The van der Waals surface area contributed by atoms with E-state index in [1.807, 2.05) is 6.92 Å². The zero-order valence-electron chi connectivity index (χ0n) is 10.7. The SMILES string of the molecule is Cc1cc(Oc2cccc([N+](=O)[O-])c2Br)ccc1CO. The van der Waals surface area contributed by atoms with Crippen LogP contribution in [0.4, 0.5) is 5.69 Å². The monoisotopic (exact) mass is 337 g/mol. The number of aryl methyl sites for hydroxylation is 1. The van der Waals surface area contributed by atoms with Gasteiger partial charge in [-0.15, -0.1) is 0 Å². The molecule has 0 aliphatic carbocycles. The first-order chi connectivity index (χ1) is 9.52. The summed E-state index contributed by atoms with van der Waals surface area (Å²) < 4.78 is 5.95. The Morgan fingerprint density at radius 1 is 1.35 bits per heavy atom. The fraction of sp³-hybridized carbons (Fsp3) is 0.143. The topological polar surface area (TPSA) is 72.6 Å². The summed E-state index contributed by atoms with van der Waals surface area (Å²) in [7, 11) is 0. The van der Waals surface area contributed by atoms with Crippen LogP contribution in [-0.2, 0) is 6.61 Å². The lowest BCUT2D eigenvalue weighted by atomic mass is 10.1. The van der Waals surface area contributed by atoms with Gasteiger partial charge in [-0.2, -0.15) is 0 Å². The van der Waals surface area contributed by atoms with Crippen molar-refractivity contribution in [3.63, 3.8) is 0 Å². The number of benzene rings is 2. The van der Waals surface area contributed by atoms with E-state index in [0.717, 1.165) is 11.1 Å². The molecule has 1 N–H and O–H groups in total. The summed E-state index contributed by atoms with van der Waals surface area (Å²) in [5.74, 6) is 0.927. The Morgan fingerprint density at radius 2 is 2.10 bits per heavy atom. The highest BCUT2D eigenvalue weighted by Crippen LogP contribution is 2.36. The molecule has 2 aromatic rings. The molecule has 2 aromatic carbocycles. The Bertz CT molecular complexity index is 658. The molecule has 0 atom stereocenters. The third kappa shape index (κ3) is 2.97. The number of ether oxygens (including phenoxy) is 1. The van der Waals surface area contributed by atoms with Gasteiger partial charge in [-0.25, -0.2) is 0 Å². The molecule has 0 heterocycles. The van der Waals surface area contributed by atoms with Gasteiger partial charge in [-0.3, -0.25) is 10.1 Å². The third-order valence-corrected chi connectivity index (χ3v) is 3.65. The molecule has 0 radical (unpaired) electrons. The molecule has 0 unspecified atom stereocenters. The fourth-order valence-corrected chi connectivity index (χ4v) is 2.25. The highest BCUT2D eigenvalue weighted by atomic mass is 79.9. The summed E-state index contributed by atoms with van der Waals surface area (Å²) >= 11 is 3.18. The normalized spacial score (nSPS) is 10.3. The molecular formula is C14H12BrNO4. The number of hydrogen-bond donors (Lipinski definition) is 1. The molecule has 5 nitrogen and oxygen atoms in total. The van der Waals surface area contributed by atoms with E-state index in [1.54, 1.807) is 30.3 Å². The Kier molecular flexibility index (Phi) is 4.36. The first kappa shape index (κ1) is 14.5. The van der Waals surface area contributed by atoms with Gasteiger partial charge in [0.05, 0.1) is 11.5 Å². The van der Waals surface area contributed by atoms with Gasteiger partial charge in [0, 0.05) is 6.07 Å². The number of hydrogen-bond acceptors (Lipinski definition) is 4. The van der Waals surface area contributed by atoms with Crippen molar-refractivity contribution in [3.05, 3.63) is 62.1 Å². The first-order valence-electron chi connectivity index (χ1n) is 5.84. The van der Waals surface area contributed by atoms with Crippen LogP contribution in [0.2, 0.25) is 0 Å². The zero-order chi connectivity index (χ0) is 14.7. The van der Waals surface area contributed by atoms with Crippen LogP contribution in [0.5, 0.6) is 11.5 Å². The Hall–Kier alpha value is -1.92. The molecule has 0 fully saturated rings. The third-order valence-electron chi connectivity index (χ3n) is 2.85. The van der Waals surface area contributed by atoms with Crippen molar-refractivity contribution in [1.29, 1.82) is 0 Å². The van der Waals surface area contributed by atoms with Crippen molar-refractivity contribution < 1.29 is 14.8 Å². The maximum atomic E-state index is 10.9. The summed E-state index contributed by atoms with van der Waals surface area (Å²) in [5.41, 5.74) is 1.66. The maximum Gasteiger partial charge on any atom is 0.287 e. The van der Waals surface area contributed by atoms with Gasteiger partial charge in [0.25, 0.3) is 5.69 Å². The molecule has 0 saturated carbocycles. The second-order valence-corrected chi connectivity index (χ2v) is 4.99. The first-order valence-corrected chi connectivity index (χ1v) is 6.63. The Balaban J connectivity index is 2.33. The minimum Gasteiger partial charge on any atom is -0.456 e. The second kappa shape index (κ2) is 6.02. The lowest BCUT2D eigenvalue weighted by molar-refractivity contribution is -0.385. The minimum atomic E-state index is -0.475. The van der Waals surface area contributed by atoms with Gasteiger partial charge in [0.15, 0.2) is 0 Å². The fourth-order valence-electron chi connectivity index (χ4n) is 1.76. The van der Waals surface area contributed by atoms with Crippen molar-refractivity contribution in [2.45, 2.75) is 13.5 Å². The van der Waals surface area contributed by atoms with E-state index >= 15 is 0 Å². The molecule has 104 valence electrons. The van der Waals surface area contributed by atoms with Crippen molar-refractivity contribution in [1.82, 2.24) is 0 Å². The van der Waals surface area contributed by atoms with Crippen LogP contribution < -0.4 is 4.74 Å². The number of nitro benzene ring substituents is 1. The van der Waals surface area contributed by atoms with Crippen molar-refractivity contribution in [3.8, 4) is 11.5 Å². The van der Waals surface area contributed by atoms with Crippen LogP contribution >= 0.6 is 15.9 Å². The largest absolute Gasteiger partial charge is 0.456 e. The lowest BCUT2D eigenvalue weighted by Gasteiger charge is -2.10. The van der Waals surface area contributed by atoms with Crippen molar-refractivity contribution in [2.75, 3.05) is 0 Å². The van der Waals surface area contributed by atoms with Crippen LogP contribution in [0, 0.1) is 17.0 Å². The van der Waals surface area contributed by atoms with Gasteiger partial charge >= 0.3 is 0 Å². The number of nitrogens with zero attached hydrogens (tertiary/aromatic N) is 1. The van der Waals surface area contributed by atoms with Crippen LogP contribution in [-0.4, -0.2) is 10.0 Å². The summed E-state index contributed by atoms with van der Waals surface area (Å²) in [5, 5.41) is 20.0.